The van der Waals surface area contributed by atoms with Crippen LogP contribution < -0.4 is 0 Å². The number of rotatable bonds is 8. The predicted molar refractivity (Wildman–Crippen MR) is 45.4 cm³/mol. The first kappa shape index (κ1) is 12.3. The van der Waals surface area contributed by atoms with Gasteiger partial charge >= 0.3 is 5.97 Å². The molecular weight excluding hydrogens is 176 g/mol. The van der Waals surface area contributed by atoms with Gasteiger partial charge in [0.05, 0.1) is 19.8 Å². The minimum absolute atomic E-state index is 0.172. The van der Waals surface area contributed by atoms with E-state index in [0.717, 1.165) is 0 Å². The van der Waals surface area contributed by atoms with Crippen molar-refractivity contribution >= 4 is 5.97 Å². The summed E-state index contributed by atoms with van der Waals surface area (Å²) in [4.78, 5) is 10.4. The summed E-state index contributed by atoms with van der Waals surface area (Å²) in [6, 6.07) is 0. The Morgan fingerprint density at radius 2 is 1.77 bits per heavy atom. The standard InChI is InChI=1S/C8H16O5/c1-2-11-3-4-12-5-6-13-8(10)7-9/h9H,2-7H2,1H3. The fourth-order valence-electron chi connectivity index (χ4n) is 0.624. The average Bonchev–Trinajstić information content (AvgIpc) is 2.16. The third-order valence-corrected chi connectivity index (χ3v) is 1.20. The van der Waals surface area contributed by atoms with Gasteiger partial charge in [-0.2, -0.15) is 0 Å². The predicted octanol–water partition coefficient (Wildman–Crippen LogP) is -0.425. The van der Waals surface area contributed by atoms with Crippen molar-refractivity contribution in [1.29, 1.82) is 0 Å². The highest BCUT2D eigenvalue weighted by molar-refractivity contribution is 5.70. The molecule has 0 bridgehead atoms. The average molecular weight is 192 g/mol. The molecule has 0 unspecified atom stereocenters. The molecule has 0 aliphatic rings. The molecule has 0 fully saturated rings. The van der Waals surface area contributed by atoms with Gasteiger partial charge in [0.25, 0.3) is 0 Å². The number of aliphatic hydroxyl groups is 1. The number of ether oxygens (including phenoxy) is 3. The van der Waals surface area contributed by atoms with Gasteiger partial charge in [-0.05, 0) is 6.92 Å². The van der Waals surface area contributed by atoms with Crippen molar-refractivity contribution in [2.75, 3.05) is 39.6 Å². The number of hydrogen-bond acceptors (Lipinski definition) is 5. The van der Waals surface area contributed by atoms with Crippen molar-refractivity contribution in [3.05, 3.63) is 0 Å². The van der Waals surface area contributed by atoms with Crippen molar-refractivity contribution in [2.45, 2.75) is 6.92 Å². The lowest BCUT2D eigenvalue weighted by atomic mass is 10.7. The Morgan fingerprint density at radius 3 is 2.38 bits per heavy atom. The van der Waals surface area contributed by atoms with Gasteiger partial charge in [0.15, 0.2) is 0 Å². The SMILES string of the molecule is CCOCCOCCOC(=O)CO. The highest BCUT2D eigenvalue weighted by atomic mass is 16.6. The van der Waals surface area contributed by atoms with Crippen LogP contribution in [-0.4, -0.2) is 50.7 Å². The van der Waals surface area contributed by atoms with Crippen LogP contribution in [-0.2, 0) is 19.0 Å². The molecule has 13 heavy (non-hydrogen) atoms. The van der Waals surface area contributed by atoms with Gasteiger partial charge in [-0.25, -0.2) is 4.79 Å². The zero-order chi connectivity index (χ0) is 9.94. The highest BCUT2D eigenvalue weighted by Crippen LogP contribution is 1.81. The Labute approximate surface area is 77.6 Å². The van der Waals surface area contributed by atoms with E-state index in [-0.39, 0.29) is 6.61 Å². The van der Waals surface area contributed by atoms with Crippen molar-refractivity contribution in [2.24, 2.45) is 0 Å². The van der Waals surface area contributed by atoms with Gasteiger partial charge in [0.1, 0.15) is 13.2 Å². The van der Waals surface area contributed by atoms with Crippen molar-refractivity contribution in [3.8, 4) is 0 Å². The molecule has 0 heterocycles. The Bertz CT molecular complexity index is 126. The molecule has 5 heteroatoms. The number of carbonyl (C=O) groups is 1. The maximum absolute atomic E-state index is 10.4. The molecular formula is C8H16O5. The molecule has 78 valence electrons. The first-order valence-electron chi connectivity index (χ1n) is 4.23. The molecule has 0 spiro atoms. The Hall–Kier alpha value is -0.650. The topological polar surface area (TPSA) is 65.0 Å². The van der Waals surface area contributed by atoms with Gasteiger partial charge in [0.2, 0.25) is 0 Å². The van der Waals surface area contributed by atoms with E-state index in [1.165, 1.54) is 0 Å². The largest absolute Gasteiger partial charge is 0.462 e. The molecule has 1 N–H and O–H groups in total. The molecule has 5 nitrogen and oxygen atoms in total. The lowest BCUT2D eigenvalue weighted by Crippen LogP contribution is -2.14. The molecule has 0 aliphatic carbocycles. The second kappa shape index (κ2) is 9.44. The summed E-state index contributed by atoms with van der Waals surface area (Å²) in [6.07, 6.45) is 0. The summed E-state index contributed by atoms with van der Waals surface area (Å²) in [7, 11) is 0. The van der Waals surface area contributed by atoms with E-state index in [1.54, 1.807) is 0 Å². The molecule has 0 saturated heterocycles. The van der Waals surface area contributed by atoms with Gasteiger partial charge < -0.3 is 19.3 Å². The van der Waals surface area contributed by atoms with Crippen LogP contribution in [0, 0.1) is 0 Å². The Morgan fingerprint density at radius 1 is 1.15 bits per heavy atom. The highest BCUT2D eigenvalue weighted by Gasteiger charge is 1.97. The monoisotopic (exact) mass is 192 g/mol. The molecule has 0 rings (SSSR count). The van der Waals surface area contributed by atoms with E-state index in [0.29, 0.717) is 26.4 Å². The zero-order valence-electron chi connectivity index (χ0n) is 7.82. The molecule has 0 aliphatic heterocycles. The fraction of sp³-hybridized carbons (Fsp3) is 0.875. The fourth-order valence-corrected chi connectivity index (χ4v) is 0.624. The summed E-state index contributed by atoms with van der Waals surface area (Å²) in [6.45, 7) is 3.53. The summed E-state index contributed by atoms with van der Waals surface area (Å²) in [5, 5.41) is 8.27. The number of esters is 1. The lowest BCUT2D eigenvalue weighted by molar-refractivity contribution is -0.148. The van der Waals surface area contributed by atoms with E-state index in [2.05, 4.69) is 4.74 Å². The number of aliphatic hydroxyl groups excluding tert-OH is 1. The summed E-state index contributed by atoms with van der Waals surface area (Å²) < 4.78 is 14.6. The molecule has 0 saturated carbocycles. The molecule has 0 aromatic heterocycles. The number of carbonyl (C=O) groups excluding carboxylic acids is 1. The number of hydrogen-bond donors (Lipinski definition) is 1. The minimum Gasteiger partial charge on any atom is -0.462 e. The Kier molecular flexibility index (Phi) is 8.97. The van der Waals surface area contributed by atoms with E-state index in [9.17, 15) is 4.79 Å². The van der Waals surface area contributed by atoms with E-state index in [1.807, 2.05) is 6.92 Å². The summed E-state index contributed by atoms with van der Waals surface area (Å²) in [5.41, 5.74) is 0. The van der Waals surface area contributed by atoms with Crippen molar-refractivity contribution in [3.63, 3.8) is 0 Å². The van der Waals surface area contributed by atoms with E-state index >= 15 is 0 Å². The van der Waals surface area contributed by atoms with Crippen molar-refractivity contribution in [1.82, 2.24) is 0 Å². The molecule has 0 atom stereocenters. The maximum Gasteiger partial charge on any atom is 0.331 e. The van der Waals surface area contributed by atoms with Gasteiger partial charge in [-0.1, -0.05) is 0 Å². The van der Waals surface area contributed by atoms with Gasteiger partial charge in [-0.3, -0.25) is 0 Å². The van der Waals surface area contributed by atoms with Crippen LogP contribution in [0.15, 0.2) is 0 Å². The van der Waals surface area contributed by atoms with Crippen LogP contribution >= 0.6 is 0 Å². The van der Waals surface area contributed by atoms with E-state index < -0.39 is 12.6 Å². The van der Waals surface area contributed by atoms with Gasteiger partial charge in [0, 0.05) is 6.61 Å². The third kappa shape index (κ3) is 9.26. The molecule has 0 radical (unpaired) electrons. The molecule has 0 aromatic rings. The summed E-state index contributed by atoms with van der Waals surface area (Å²) >= 11 is 0. The van der Waals surface area contributed by atoms with Gasteiger partial charge in [-0.15, -0.1) is 0 Å². The second-order valence-electron chi connectivity index (χ2n) is 2.19. The Balaban J connectivity index is 2.95. The van der Waals surface area contributed by atoms with Crippen molar-refractivity contribution < 1.29 is 24.1 Å². The van der Waals surface area contributed by atoms with Crippen LogP contribution in [0.25, 0.3) is 0 Å². The van der Waals surface area contributed by atoms with Crippen LogP contribution in [0.4, 0.5) is 0 Å². The quantitative estimate of drug-likeness (QED) is 0.418. The third-order valence-electron chi connectivity index (χ3n) is 1.20. The molecule has 0 aromatic carbocycles. The normalized spacial score (nSPS) is 10.0. The van der Waals surface area contributed by atoms with Crippen LogP contribution in [0.5, 0.6) is 0 Å². The van der Waals surface area contributed by atoms with Crippen LogP contribution in [0.3, 0.4) is 0 Å². The second-order valence-corrected chi connectivity index (χ2v) is 2.19. The molecule has 0 amide bonds. The summed E-state index contributed by atoms with van der Waals surface area (Å²) in [5.74, 6) is -0.631. The first-order chi connectivity index (χ1) is 6.31. The maximum atomic E-state index is 10.4. The zero-order valence-corrected chi connectivity index (χ0v) is 7.82. The van der Waals surface area contributed by atoms with Crippen LogP contribution in [0.2, 0.25) is 0 Å². The smallest absolute Gasteiger partial charge is 0.331 e. The first-order valence-corrected chi connectivity index (χ1v) is 4.23. The van der Waals surface area contributed by atoms with Crippen LogP contribution in [0.1, 0.15) is 6.92 Å². The van der Waals surface area contributed by atoms with E-state index in [4.69, 9.17) is 14.6 Å². The minimum atomic E-state index is -0.631. The lowest BCUT2D eigenvalue weighted by Gasteiger charge is -2.04.